The molecule has 40 heavy (non-hydrogen) atoms. The van der Waals surface area contributed by atoms with E-state index in [1.54, 1.807) is 27.7 Å². The number of carbonyl (C=O) groups is 4. The zero-order chi connectivity index (χ0) is 29.1. The summed E-state index contributed by atoms with van der Waals surface area (Å²) < 4.78 is 40.2. The molecule has 0 amide bonds. The normalized spacial score (nSPS) is 41.6. The van der Waals surface area contributed by atoms with Crippen molar-refractivity contribution in [1.82, 2.24) is 0 Å². The van der Waals surface area contributed by atoms with E-state index in [9.17, 15) is 19.2 Å². The van der Waals surface area contributed by atoms with E-state index >= 15 is 0 Å². The predicted octanol–water partition coefficient (Wildman–Crippen LogP) is 2.61. The molecule has 3 heterocycles. The highest BCUT2D eigenvalue weighted by molar-refractivity contribution is 5.88. The number of cyclic esters (lactones) is 2. The summed E-state index contributed by atoms with van der Waals surface area (Å²) in [5.74, 6) is -2.22. The van der Waals surface area contributed by atoms with Crippen LogP contribution in [0.1, 0.15) is 54.4 Å². The van der Waals surface area contributed by atoms with Gasteiger partial charge in [0.15, 0.2) is 0 Å². The second-order valence-corrected chi connectivity index (χ2v) is 13.2. The first kappa shape index (κ1) is 28.4. The van der Waals surface area contributed by atoms with E-state index < -0.39 is 63.2 Å². The highest BCUT2D eigenvalue weighted by Crippen LogP contribution is 2.62. The van der Waals surface area contributed by atoms with E-state index in [0.29, 0.717) is 11.5 Å². The third-order valence-electron chi connectivity index (χ3n) is 8.80. The second kappa shape index (κ2) is 9.49. The average Bonchev–Trinajstić information content (AvgIpc) is 2.82. The van der Waals surface area contributed by atoms with Gasteiger partial charge in [-0.05, 0) is 27.7 Å². The molecule has 0 N–H and O–H groups in total. The topological polar surface area (TPSA) is 133 Å². The second-order valence-electron chi connectivity index (χ2n) is 13.2. The average molecular weight is 563 g/mol. The maximum absolute atomic E-state index is 13.4. The summed E-state index contributed by atoms with van der Waals surface area (Å²) in [5, 5.41) is 0. The lowest BCUT2D eigenvalue weighted by molar-refractivity contribution is -0.230. The molecule has 2 saturated carbocycles. The Kier molecular flexibility index (Phi) is 6.75. The first-order valence-electron chi connectivity index (χ1n) is 13.7. The highest BCUT2D eigenvalue weighted by atomic mass is 16.6. The standard InChI is InChI=1S/C29H38O11/c1-25(2)15-37-23(32)26(3)13-28(5)21(26)17(11-19(30)39-28)35-9-7-34-8-10-36-18-12-20(31)40-29(6)14-27(4,22(18)29)24(33)38-16-25/h11-12,21-22H,7-10,13-16H2,1-6H3. The summed E-state index contributed by atoms with van der Waals surface area (Å²) in [6.07, 6.45) is 3.13. The van der Waals surface area contributed by atoms with Crippen molar-refractivity contribution in [1.29, 1.82) is 0 Å². The minimum Gasteiger partial charge on any atom is -0.495 e. The molecule has 6 unspecified atom stereocenters. The summed E-state index contributed by atoms with van der Waals surface area (Å²) in [7, 11) is 0. The Balaban J connectivity index is 1.36. The molecule has 0 aromatic carbocycles. The Morgan fingerprint density at radius 2 is 1.00 bits per heavy atom. The first-order chi connectivity index (χ1) is 18.6. The molecule has 3 fully saturated rings. The fraction of sp³-hybridized carbons (Fsp3) is 0.724. The molecule has 3 aliphatic heterocycles. The molecular formula is C29H38O11. The summed E-state index contributed by atoms with van der Waals surface area (Å²) in [5.41, 5.74) is -4.38. The molecule has 2 aliphatic carbocycles. The fourth-order valence-electron chi connectivity index (χ4n) is 7.35. The van der Waals surface area contributed by atoms with Crippen LogP contribution in [0.5, 0.6) is 0 Å². The monoisotopic (exact) mass is 562 g/mol. The minimum atomic E-state index is -0.964. The van der Waals surface area contributed by atoms with Gasteiger partial charge in [-0.3, -0.25) is 9.59 Å². The van der Waals surface area contributed by atoms with Crippen LogP contribution in [0.4, 0.5) is 0 Å². The maximum Gasteiger partial charge on any atom is 0.334 e. The Hall–Kier alpha value is -3.08. The van der Waals surface area contributed by atoms with Gasteiger partial charge in [0.1, 0.15) is 35.9 Å². The summed E-state index contributed by atoms with van der Waals surface area (Å²) in [6, 6.07) is 0. The molecule has 0 aromatic heterocycles. The number of rotatable bonds is 0. The van der Waals surface area contributed by atoms with E-state index in [0.717, 1.165) is 0 Å². The van der Waals surface area contributed by atoms with Crippen molar-refractivity contribution >= 4 is 23.9 Å². The van der Waals surface area contributed by atoms with Crippen LogP contribution in [0.25, 0.3) is 0 Å². The van der Waals surface area contributed by atoms with Crippen LogP contribution in [0.3, 0.4) is 0 Å². The van der Waals surface area contributed by atoms with Gasteiger partial charge in [-0.15, -0.1) is 0 Å². The van der Waals surface area contributed by atoms with Crippen molar-refractivity contribution < 1.29 is 52.3 Å². The van der Waals surface area contributed by atoms with Crippen molar-refractivity contribution in [2.45, 2.75) is 65.6 Å². The van der Waals surface area contributed by atoms with Crippen LogP contribution in [0.15, 0.2) is 23.7 Å². The molecule has 11 nitrogen and oxygen atoms in total. The molecule has 5 aliphatic rings. The van der Waals surface area contributed by atoms with Crippen LogP contribution in [-0.2, 0) is 52.3 Å². The molecule has 5 rings (SSSR count). The van der Waals surface area contributed by atoms with Crippen molar-refractivity contribution in [3.8, 4) is 0 Å². The number of esters is 4. The van der Waals surface area contributed by atoms with Gasteiger partial charge < -0.3 is 33.2 Å². The van der Waals surface area contributed by atoms with Crippen molar-refractivity contribution in [3.05, 3.63) is 23.7 Å². The van der Waals surface area contributed by atoms with Gasteiger partial charge in [0.2, 0.25) is 0 Å². The summed E-state index contributed by atoms with van der Waals surface area (Å²) in [4.78, 5) is 51.2. The molecule has 11 heteroatoms. The minimum absolute atomic E-state index is 0.00933. The lowest BCUT2D eigenvalue weighted by Crippen LogP contribution is -2.66. The van der Waals surface area contributed by atoms with Crippen LogP contribution >= 0.6 is 0 Å². The van der Waals surface area contributed by atoms with Crippen molar-refractivity contribution in [2.75, 3.05) is 39.6 Å². The Bertz CT molecular complexity index is 1100. The maximum atomic E-state index is 13.4. The highest BCUT2D eigenvalue weighted by Gasteiger charge is 2.70. The van der Waals surface area contributed by atoms with E-state index in [1.807, 2.05) is 13.8 Å². The summed E-state index contributed by atoms with van der Waals surface area (Å²) in [6.45, 7) is 11.5. The van der Waals surface area contributed by atoms with Gasteiger partial charge in [0.25, 0.3) is 0 Å². The lowest BCUT2D eigenvalue weighted by Gasteiger charge is -2.58. The van der Waals surface area contributed by atoms with Crippen LogP contribution in [0.2, 0.25) is 0 Å². The predicted molar refractivity (Wildman–Crippen MR) is 136 cm³/mol. The van der Waals surface area contributed by atoms with Gasteiger partial charge in [0, 0.05) is 18.3 Å². The molecule has 0 aromatic rings. The summed E-state index contributed by atoms with van der Waals surface area (Å²) >= 11 is 0. The van der Waals surface area contributed by atoms with Gasteiger partial charge in [-0.25, -0.2) is 9.59 Å². The lowest BCUT2D eigenvalue weighted by atomic mass is 9.51. The first-order valence-corrected chi connectivity index (χ1v) is 13.7. The Labute approximate surface area is 233 Å². The number of hydrogen-bond acceptors (Lipinski definition) is 11. The Morgan fingerprint density at radius 1 is 0.600 bits per heavy atom. The Morgan fingerprint density at radius 3 is 1.40 bits per heavy atom. The molecule has 0 spiro atoms. The smallest absolute Gasteiger partial charge is 0.334 e. The zero-order valence-corrected chi connectivity index (χ0v) is 24.0. The fourth-order valence-corrected chi connectivity index (χ4v) is 7.35. The molecule has 0 bridgehead atoms. The molecule has 1 saturated heterocycles. The molecule has 0 radical (unpaired) electrons. The van der Waals surface area contributed by atoms with Gasteiger partial charge in [-0.1, -0.05) is 13.8 Å². The van der Waals surface area contributed by atoms with Crippen LogP contribution in [-0.4, -0.2) is 74.7 Å². The number of hydrogen-bond donors (Lipinski definition) is 0. The SMILES string of the molecule is CC1(C)COC(=O)C2(C)CC3(C)OC(=O)C=C(OCCOCCOC4=CC(=O)OC5(C)CC(C)(C(=O)OC1)C45)C32. The third-order valence-corrected chi connectivity index (χ3v) is 8.80. The van der Waals surface area contributed by atoms with E-state index in [-0.39, 0.29) is 52.5 Å². The number of ether oxygens (including phenoxy) is 7. The van der Waals surface area contributed by atoms with Gasteiger partial charge in [0.05, 0.1) is 61.2 Å². The molecule has 6 atom stereocenters. The number of carbonyl (C=O) groups excluding carboxylic acids is 4. The third kappa shape index (κ3) is 4.65. The van der Waals surface area contributed by atoms with Gasteiger partial charge >= 0.3 is 23.9 Å². The van der Waals surface area contributed by atoms with Crippen LogP contribution < -0.4 is 0 Å². The quantitative estimate of drug-likeness (QED) is 0.319. The van der Waals surface area contributed by atoms with Crippen LogP contribution in [0, 0.1) is 28.1 Å². The van der Waals surface area contributed by atoms with E-state index in [2.05, 4.69) is 0 Å². The van der Waals surface area contributed by atoms with Crippen molar-refractivity contribution in [2.24, 2.45) is 28.1 Å². The zero-order valence-electron chi connectivity index (χ0n) is 24.0. The molecular weight excluding hydrogens is 524 g/mol. The molecule has 220 valence electrons. The van der Waals surface area contributed by atoms with E-state index in [1.165, 1.54) is 12.2 Å². The van der Waals surface area contributed by atoms with Crippen molar-refractivity contribution in [3.63, 3.8) is 0 Å². The van der Waals surface area contributed by atoms with E-state index in [4.69, 9.17) is 33.2 Å². The largest absolute Gasteiger partial charge is 0.495 e. The van der Waals surface area contributed by atoms with Gasteiger partial charge in [-0.2, -0.15) is 0 Å².